The van der Waals surface area contributed by atoms with Crippen molar-refractivity contribution in [2.75, 3.05) is 12.8 Å². The maximum absolute atomic E-state index is 12.7. The lowest BCUT2D eigenvalue weighted by Crippen LogP contribution is -2.39. The van der Waals surface area contributed by atoms with Crippen molar-refractivity contribution in [2.24, 2.45) is 0 Å². The molecule has 3 N–H and O–H groups in total. The fraction of sp³-hybridized carbons (Fsp3) is 0.381. The largest absolute Gasteiger partial charge is 0.399 e. The molecule has 2 aromatic rings. The minimum atomic E-state index is -0.706. The maximum Gasteiger partial charge on any atom is 0.223 e. The van der Waals surface area contributed by atoms with E-state index < -0.39 is 6.10 Å². The summed E-state index contributed by atoms with van der Waals surface area (Å²) in [7, 11) is 1.76. The van der Waals surface area contributed by atoms with Crippen LogP contribution in [0.2, 0.25) is 0 Å². The summed E-state index contributed by atoms with van der Waals surface area (Å²) in [4.78, 5) is 14.4. The molecule has 1 amide bonds. The average Bonchev–Trinajstić information content (AvgIpc) is 2.64. The number of nitrogen functional groups attached to an aromatic ring is 1. The number of hydrogen-bond acceptors (Lipinski definition) is 3. The number of likely N-dealkylation sites (N-methyl/N-ethyl adjacent to an activating group) is 1. The Morgan fingerprint density at radius 2 is 1.76 bits per heavy atom. The molecule has 4 nitrogen and oxygen atoms in total. The molecular weight excluding hydrogens is 312 g/mol. The van der Waals surface area contributed by atoms with Crippen LogP contribution < -0.4 is 5.73 Å². The van der Waals surface area contributed by atoms with Crippen molar-refractivity contribution in [3.8, 4) is 0 Å². The molecule has 0 aliphatic carbocycles. The molecule has 0 aromatic heterocycles. The van der Waals surface area contributed by atoms with E-state index in [9.17, 15) is 9.90 Å². The van der Waals surface area contributed by atoms with E-state index in [1.807, 2.05) is 61.5 Å². The molecule has 2 aromatic carbocycles. The Balaban J connectivity index is 2.05. The molecule has 25 heavy (non-hydrogen) atoms. The van der Waals surface area contributed by atoms with Gasteiger partial charge in [0.2, 0.25) is 5.91 Å². The van der Waals surface area contributed by atoms with Gasteiger partial charge in [0.05, 0.1) is 12.1 Å². The van der Waals surface area contributed by atoms with Crippen LogP contribution in [0.15, 0.2) is 54.6 Å². The zero-order chi connectivity index (χ0) is 18.4. The molecule has 0 fully saturated rings. The Labute approximate surface area is 150 Å². The average molecular weight is 340 g/mol. The Morgan fingerprint density at radius 1 is 1.12 bits per heavy atom. The quantitative estimate of drug-likeness (QED) is 0.755. The molecule has 3 atom stereocenters. The number of carbonyl (C=O) groups is 1. The summed E-state index contributed by atoms with van der Waals surface area (Å²) in [5.74, 6) is 0.149. The molecule has 0 heterocycles. The first-order valence-corrected chi connectivity index (χ1v) is 8.78. The topological polar surface area (TPSA) is 66.6 Å². The van der Waals surface area contributed by atoms with Gasteiger partial charge in [0, 0.05) is 19.2 Å². The monoisotopic (exact) mass is 340 g/mol. The fourth-order valence-electron chi connectivity index (χ4n) is 3.03. The fourth-order valence-corrected chi connectivity index (χ4v) is 3.03. The summed E-state index contributed by atoms with van der Waals surface area (Å²) in [6, 6.07) is 16.9. The standard InChI is InChI=1S/C21H28N2O2/c1-4-16(18-11-8-12-19(22)13-18)14-20(24)23(3)15(2)21(25)17-9-6-5-7-10-17/h5-13,15-16,21,25H,4,14,22H2,1-3H3/t15-,16?,21-/m1/s1. The molecule has 1 unspecified atom stereocenters. The van der Waals surface area contributed by atoms with Crippen LogP contribution in [0, 0.1) is 0 Å². The van der Waals surface area contributed by atoms with E-state index in [2.05, 4.69) is 6.92 Å². The van der Waals surface area contributed by atoms with Gasteiger partial charge in [-0.1, -0.05) is 49.4 Å². The van der Waals surface area contributed by atoms with Gasteiger partial charge in [0.15, 0.2) is 0 Å². The number of benzene rings is 2. The molecule has 134 valence electrons. The van der Waals surface area contributed by atoms with Crippen molar-refractivity contribution >= 4 is 11.6 Å². The minimum Gasteiger partial charge on any atom is -0.399 e. The van der Waals surface area contributed by atoms with E-state index in [4.69, 9.17) is 5.73 Å². The van der Waals surface area contributed by atoms with Crippen LogP contribution in [0.5, 0.6) is 0 Å². The number of anilines is 1. The molecule has 2 rings (SSSR count). The smallest absolute Gasteiger partial charge is 0.223 e. The van der Waals surface area contributed by atoms with Gasteiger partial charge in [-0.3, -0.25) is 4.79 Å². The van der Waals surface area contributed by atoms with E-state index in [-0.39, 0.29) is 17.9 Å². The highest BCUT2D eigenvalue weighted by Gasteiger charge is 2.25. The Kier molecular flexibility index (Phi) is 6.59. The third-order valence-corrected chi connectivity index (χ3v) is 4.90. The normalized spacial score (nSPS) is 14.6. The summed E-state index contributed by atoms with van der Waals surface area (Å²) in [5.41, 5.74) is 8.48. The molecule has 0 aliphatic heterocycles. The SMILES string of the molecule is CCC(CC(=O)N(C)[C@H](C)[C@@H](O)c1ccccc1)c1cccc(N)c1. The Hall–Kier alpha value is -2.33. The first-order chi connectivity index (χ1) is 11.9. The maximum atomic E-state index is 12.7. The van der Waals surface area contributed by atoms with Crippen molar-refractivity contribution in [3.05, 3.63) is 65.7 Å². The van der Waals surface area contributed by atoms with Gasteiger partial charge in [-0.25, -0.2) is 0 Å². The van der Waals surface area contributed by atoms with Crippen molar-refractivity contribution in [1.29, 1.82) is 0 Å². The summed E-state index contributed by atoms with van der Waals surface area (Å²) in [6.45, 7) is 3.94. The Morgan fingerprint density at radius 3 is 2.36 bits per heavy atom. The second-order valence-corrected chi connectivity index (χ2v) is 6.58. The van der Waals surface area contributed by atoms with Gasteiger partial charge >= 0.3 is 0 Å². The number of hydrogen-bond donors (Lipinski definition) is 2. The van der Waals surface area contributed by atoms with Crippen molar-refractivity contribution in [3.63, 3.8) is 0 Å². The van der Waals surface area contributed by atoms with E-state index in [0.29, 0.717) is 12.1 Å². The van der Waals surface area contributed by atoms with Gasteiger partial charge < -0.3 is 15.7 Å². The van der Waals surface area contributed by atoms with E-state index >= 15 is 0 Å². The number of nitrogens with two attached hydrogens (primary N) is 1. The second kappa shape index (κ2) is 8.67. The number of carbonyl (C=O) groups excluding carboxylic acids is 1. The van der Waals surface area contributed by atoms with Gasteiger partial charge in [0.25, 0.3) is 0 Å². The number of rotatable bonds is 7. The van der Waals surface area contributed by atoms with Crippen LogP contribution in [0.25, 0.3) is 0 Å². The number of amides is 1. The van der Waals surface area contributed by atoms with Crippen LogP contribution in [0.1, 0.15) is 49.8 Å². The molecule has 0 saturated carbocycles. The van der Waals surface area contributed by atoms with Crippen molar-refractivity contribution in [2.45, 2.75) is 44.8 Å². The third-order valence-electron chi connectivity index (χ3n) is 4.90. The predicted octanol–water partition coefficient (Wildman–Crippen LogP) is 3.73. The van der Waals surface area contributed by atoms with Crippen molar-refractivity contribution < 1.29 is 9.90 Å². The highest BCUT2D eigenvalue weighted by atomic mass is 16.3. The van der Waals surface area contributed by atoms with Gasteiger partial charge in [0.1, 0.15) is 0 Å². The zero-order valence-corrected chi connectivity index (χ0v) is 15.2. The van der Waals surface area contributed by atoms with Crippen molar-refractivity contribution in [1.82, 2.24) is 4.90 Å². The predicted molar refractivity (Wildman–Crippen MR) is 102 cm³/mol. The van der Waals surface area contributed by atoms with Gasteiger partial charge in [-0.2, -0.15) is 0 Å². The summed E-state index contributed by atoms with van der Waals surface area (Å²) >= 11 is 0. The molecule has 0 spiro atoms. The lowest BCUT2D eigenvalue weighted by Gasteiger charge is -2.30. The number of aliphatic hydroxyl groups excluding tert-OH is 1. The van der Waals surface area contributed by atoms with Crippen LogP contribution in [0.4, 0.5) is 5.69 Å². The molecule has 0 bridgehead atoms. The third kappa shape index (κ3) is 4.83. The summed E-state index contributed by atoms with van der Waals surface area (Å²) < 4.78 is 0. The van der Waals surface area contributed by atoms with E-state index in [0.717, 1.165) is 17.5 Å². The lowest BCUT2D eigenvalue weighted by molar-refractivity contribution is -0.134. The molecule has 0 aliphatic rings. The number of nitrogens with zero attached hydrogens (tertiary/aromatic N) is 1. The van der Waals surface area contributed by atoms with Crippen LogP contribution in [-0.4, -0.2) is 29.0 Å². The summed E-state index contributed by atoms with van der Waals surface area (Å²) in [5, 5.41) is 10.5. The van der Waals surface area contributed by atoms with Gasteiger partial charge in [-0.05, 0) is 42.5 Å². The Bertz CT molecular complexity index is 687. The van der Waals surface area contributed by atoms with E-state index in [1.165, 1.54) is 0 Å². The zero-order valence-electron chi connectivity index (χ0n) is 15.2. The van der Waals surface area contributed by atoms with Crippen LogP contribution in [-0.2, 0) is 4.79 Å². The summed E-state index contributed by atoms with van der Waals surface area (Å²) in [6.07, 6.45) is 0.559. The second-order valence-electron chi connectivity index (χ2n) is 6.58. The minimum absolute atomic E-state index is 0.0248. The molecule has 0 saturated heterocycles. The van der Waals surface area contributed by atoms with E-state index in [1.54, 1.807) is 11.9 Å². The first kappa shape index (κ1) is 19.0. The highest BCUT2D eigenvalue weighted by Crippen LogP contribution is 2.27. The first-order valence-electron chi connectivity index (χ1n) is 8.78. The van der Waals surface area contributed by atoms with Crippen LogP contribution >= 0.6 is 0 Å². The molecular formula is C21H28N2O2. The van der Waals surface area contributed by atoms with Gasteiger partial charge in [-0.15, -0.1) is 0 Å². The molecule has 4 heteroatoms. The molecule has 0 radical (unpaired) electrons. The van der Waals surface area contributed by atoms with Crippen LogP contribution in [0.3, 0.4) is 0 Å². The lowest BCUT2D eigenvalue weighted by atomic mass is 9.92. The highest BCUT2D eigenvalue weighted by molar-refractivity contribution is 5.77. The number of aliphatic hydroxyl groups is 1.